The smallest absolute Gasteiger partial charge is 0.182 e. The molecular weight excluding hydrogens is 208 g/mol. The highest BCUT2D eigenvalue weighted by Gasteiger charge is 2.13. The Morgan fingerprint density at radius 2 is 1.56 bits per heavy atom. The van der Waals surface area contributed by atoms with Crippen LogP contribution in [0.2, 0.25) is 0 Å². The van der Waals surface area contributed by atoms with Crippen molar-refractivity contribution in [3.05, 3.63) is 53.6 Å². The van der Waals surface area contributed by atoms with Crippen molar-refractivity contribution in [3.8, 4) is 11.1 Å². The number of hydrogen-bond donors (Lipinski definition) is 1. The van der Waals surface area contributed by atoms with Crippen LogP contribution in [0.1, 0.15) is 5.56 Å². The van der Waals surface area contributed by atoms with E-state index >= 15 is 0 Å². The van der Waals surface area contributed by atoms with Crippen molar-refractivity contribution in [1.29, 1.82) is 0 Å². The van der Waals surface area contributed by atoms with Crippen molar-refractivity contribution in [1.82, 2.24) is 0 Å². The van der Waals surface area contributed by atoms with Gasteiger partial charge in [-0.15, -0.1) is 0 Å². The van der Waals surface area contributed by atoms with Crippen LogP contribution in [-0.2, 0) is 0 Å². The van der Waals surface area contributed by atoms with Crippen molar-refractivity contribution in [2.75, 3.05) is 5.73 Å². The van der Waals surface area contributed by atoms with Crippen LogP contribution in [0.5, 0.6) is 0 Å². The summed E-state index contributed by atoms with van der Waals surface area (Å²) in [6.07, 6.45) is 0. The van der Waals surface area contributed by atoms with Gasteiger partial charge in [0.2, 0.25) is 0 Å². The quantitative estimate of drug-likeness (QED) is 0.729. The summed E-state index contributed by atoms with van der Waals surface area (Å²) in [6, 6.07) is 10.1. The van der Waals surface area contributed by atoms with E-state index in [0.717, 1.165) is 5.56 Å². The van der Waals surface area contributed by atoms with E-state index in [9.17, 15) is 8.78 Å². The lowest BCUT2D eigenvalue weighted by Gasteiger charge is -2.08. The monoisotopic (exact) mass is 219 g/mol. The molecule has 2 rings (SSSR count). The van der Waals surface area contributed by atoms with E-state index in [1.807, 2.05) is 19.1 Å². The molecule has 0 heterocycles. The molecular formula is C13H11F2N. The van der Waals surface area contributed by atoms with Gasteiger partial charge in [-0.1, -0.05) is 24.3 Å². The standard InChI is InChI=1S/C13H11F2N/c1-8-4-2-3-5-9(8)10-6-7-11(16)13(15)12(10)14/h2-7H,16H2,1H3. The molecule has 16 heavy (non-hydrogen) atoms. The molecule has 0 bridgehead atoms. The first-order chi connectivity index (χ1) is 7.61. The Balaban J connectivity index is 2.66. The van der Waals surface area contributed by atoms with Crippen LogP contribution < -0.4 is 5.73 Å². The largest absolute Gasteiger partial charge is 0.396 e. The van der Waals surface area contributed by atoms with Crippen molar-refractivity contribution >= 4 is 5.69 Å². The molecule has 0 aliphatic rings. The van der Waals surface area contributed by atoms with Crippen LogP contribution in [0.3, 0.4) is 0 Å². The molecule has 0 aliphatic carbocycles. The van der Waals surface area contributed by atoms with E-state index in [-0.39, 0.29) is 11.3 Å². The van der Waals surface area contributed by atoms with E-state index in [2.05, 4.69) is 0 Å². The maximum atomic E-state index is 13.7. The van der Waals surface area contributed by atoms with Crippen molar-refractivity contribution in [3.63, 3.8) is 0 Å². The molecule has 0 radical (unpaired) electrons. The Morgan fingerprint density at radius 1 is 0.875 bits per heavy atom. The fourth-order valence-electron chi connectivity index (χ4n) is 1.65. The van der Waals surface area contributed by atoms with Gasteiger partial charge in [-0.05, 0) is 30.2 Å². The normalized spacial score (nSPS) is 10.4. The Kier molecular flexibility index (Phi) is 2.60. The van der Waals surface area contributed by atoms with Gasteiger partial charge in [0.1, 0.15) is 0 Å². The first kappa shape index (κ1) is 10.6. The molecule has 0 aliphatic heterocycles. The van der Waals surface area contributed by atoms with E-state index in [4.69, 9.17) is 5.73 Å². The van der Waals surface area contributed by atoms with Gasteiger partial charge in [0.25, 0.3) is 0 Å². The van der Waals surface area contributed by atoms with Gasteiger partial charge >= 0.3 is 0 Å². The zero-order valence-electron chi connectivity index (χ0n) is 8.80. The molecule has 2 aromatic carbocycles. The first-order valence-corrected chi connectivity index (χ1v) is 4.90. The third kappa shape index (κ3) is 1.65. The lowest BCUT2D eigenvalue weighted by molar-refractivity contribution is 0.514. The second-order valence-corrected chi connectivity index (χ2v) is 3.65. The number of aryl methyl sites for hydroxylation is 1. The summed E-state index contributed by atoms with van der Waals surface area (Å²) >= 11 is 0. The van der Waals surface area contributed by atoms with E-state index in [0.29, 0.717) is 5.56 Å². The summed E-state index contributed by atoms with van der Waals surface area (Å²) in [5.74, 6) is -1.88. The topological polar surface area (TPSA) is 26.0 Å². The molecule has 0 unspecified atom stereocenters. The third-order valence-electron chi connectivity index (χ3n) is 2.55. The number of nitrogen functional groups attached to an aromatic ring is 1. The van der Waals surface area contributed by atoms with E-state index in [1.165, 1.54) is 12.1 Å². The predicted octanol–water partition coefficient (Wildman–Crippen LogP) is 3.52. The fraction of sp³-hybridized carbons (Fsp3) is 0.0769. The van der Waals surface area contributed by atoms with Gasteiger partial charge in [-0.3, -0.25) is 0 Å². The summed E-state index contributed by atoms with van der Waals surface area (Å²) in [7, 11) is 0. The van der Waals surface area contributed by atoms with Gasteiger partial charge in [0.15, 0.2) is 11.6 Å². The average Bonchev–Trinajstić information content (AvgIpc) is 2.28. The Labute approximate surface area is 92.5 Å². The minimum absolute atomic E-state index is 0.171. The summed E-state index contributed by atoms with van der Waals surface area (Å²) in [5, 5.41) is 0. The highest BCUT2D eigenvalue weighted by Crippen LogP contribution is 2.29. The van der Waals surface area contributed by atoms with Gasteiger partial charge in [0.05, 0.1) is 5.69 Å². The molecule has 0 saturated carbocycles. The average molecular weight is 219 g/mol. The second kappa shape index (κ2) is 3.93. The summed E-state index contributed by atoms with van der Waals surface area (Å²) in [6.45, 7) is 1.85. The van der Waals surface area contributed by atoms with Gasteiger partial charge in [-0.2, -0.15) is 0 Å². The minimum atomic E-state index is -0.985. The fourth-order valence-corrected chi connectivity index (χ4v) is 1.65. The number of hydrogen-bond acceptors (Lipinski definition) is 1. The van der Waals surface area contributed by atoms with E-state index < -0.39 is 11.6 Å². The Hall–Kier alpha value is -1.90. The molecule has 1 nitrogen and oxygen atoms in total. The lowest BCUT2D eigenvalue weighted by atomic mass is 10.00. The predicted molar refractivity (Wildman–Crippen MR) is 60.9 cm³/mol. The first-order valence-electron chi connectivity index (χ1n) is 4.90. The SMILES string of the molecule is Cc1ccccc1-c1ccc(N)c(F)c1F. The molecule has 0 aromatic heterocycles. The number of anilines is 1. The molecule has 0 atom stereocenters. The number of rotatable bonds is 1. The Bertz CT molecular complexity index is 535. The molecule has 2 N–H and O–H groups in total. The second-order valence-electron chi connectivity index (χ2n) is 3.65. The van der Waals surface area contributed by atoms with Gasteiger partial charge < -0.3 is 5.73 Å². The highest BCUT2D eigenvalue weighted by molar-refractivity contribution is 5.69. The maximum absolute atomic E-state index is 13.7. The number of benzene rings is 2. The van der Waals surface area contributed by atoms with Crippen LogP contribution in [0.4, 0.5) is 14.5 Å². The summed E-state index contributed by atoms with van der Waals surface area (Å²) in [4.78, 5) is 0. The van der Waals surface area contributed by atoms with Crippen LogP contribution in [-0.4, -0.2) is 0 Å². The summed E-state index contributed by atoms with van der Waals surface area (Å²) < 4.78 is 27.0. The van der Waals surface area contributed by atoms with Crippen molar-refractivity contribution < 1.29 is 8.78 Å². The zero-order chi connectivity index (χ0) is 11.7. The number of halogens is 2. The van der Waals surface area contributed by atoms with Gasteiger partial charge in [-0.25, -0.2) is 8.78 Å². The molecule has 0 amide bonds. The molecule has 0 spiro atoms. The van der Waals surface area contributed by atoms with Crippen molar-refractivity contribution in [2.24, 2.45) is 0 Å². The molecule has 3 heteroatoms. The van der Waals surface area contributed by atoms with Crippen LogP contribution in [0.15, 0.2) is 36.4 Å². The zero-order valence-corrected chi connectivity index (χ0v) is 8.80. The van der Waals surface area contributed by atoms with Crippen molar-refractivity contribution in [2.45, 2.75) is 6.92 Å². The highest BCUT2D eigenvalue weighted by atomic mass is 19.2. The molecule has 82 valence electrons. The molecule has 2 aromatic rings. The van der Waals surface area contributed by atoms with Crippen LogP contribution in [0, 0.1) is 18.6 Å². The van der Waals surface area contributed by atoms with Crippen LogP contribution >= 0.6 is 0 Å². The third-order valence-corrected chi connectivity index (χ3v) is 2.55. The minimum Gasteiger partial charge on any atom is -0.396 e. The Morgan fingerprint density at radius 3 is 2.25 bits per heavy atom. The van der Waals surface area contributed by atoms with Crippen LogP contribution in [0.25, 0.3) is 11.1 Å². The summed E-state index contributed by atoms with van der Waals surface area (Å²) in [5.41, 5.74) is 6.93. The lowest BCUT2D eigenvalue weighted by Crippen LogP contribution is -1.97. The molecule has 0 saturated heterocycles. The number of nitrogens with two attached hydrogens (primary N) is 1. The van der Waals surface area contributed by atoms with E-state index in [1.54, 1.807) is 12.1 Å². The van der Waals surface area contributed by atoms with Gasteiger partial charge in [0, 0.05) is 5.56 Å². The molecule has 0 fully saturated rings. The maximum Gasteiger partial charge on any atom is 0.182 e.